The minimum absolute atomic E-state index is 0.255. The number of allylic oxidation sites excluding steroid dienone is 1. The fraction of sp³-hybridized carbons (Fsp3) is 0.353. The van der Waals surface area contributed by atoms with Crippen molar-refractivity contribution in [3.05, 3.63) is 36.5 Å². The van der Waals surface area contributed by atoms with Crippen molar-refractivity contribution < 1.29 is 27.6 Å². The van der Waals surface area contributed by atoms with Gasteiger partial charge in [0, 0.05) is 37.1 Å². The van der Waals surface area contributed by atoms with Crippen LogP contribution in [0.4, 0.5) is 24.5 Å². The van der Waals surface area contributed by atoms with E-state index in [-0.39, 0.29) is 5.91 Å². The van der Waals surface area contributed by atoms with Crippen molar-refractivity contribution in [2.75, 3.05) is 17.2 Å². The number of anilines is 2. The molecule has 0 bridgehead atoms. The second-order valence-corrected chi connectivity index (χ2v) is 5.82. The van der Waals surface area contributed by atoms with Crippen molar-refractivity contribution in [1.82, 2.24) is 4.90 Å². The first kappa shape index (κ1) is 19.5. The molecule has 6 nitrogen and oxygen atoms in total. The Labute approximate surface area is 148 Å². The first-order chi connectivity index (χ1) is 12.2. The fourth-order valence-electron chi connectivity index (χ4n) is 2.61. The van der Waals surface area contributed by atoms with E-state index in [9.17, 15) is 27.6 Å². The van der Waals surface area contributed by atoms with Crippen LogP contribution in [0.1, 0.15) is 19.8 Å². The number of likely N-dealkylation sites (tertiary alicyclic amines) is 1. The van der Waals surface area contributed by atoms with E-state index in [1.54, 1.807) is 24.3 Å². The van der Waals surface area contributed by atoms with Crippen LogP contribution in [0.15, 0.2) is 36.5 Å². The van der Waals surface area contributed by atoms with Gasteiger partial charge in [-0.1, -0.05) is 6.07 Å². The summed E-state index contributed by atoms with van der Waals surface area (Å²) in [6, 6.07) is 5.84. The summed E-state index contributed by atoms with van der Waals surface area (Å²) in [5.74, 6) is -2.62. The zero-order chi connectivity index (χ0) is 19.3. The Bertz CT molecular complexity index is 731. The zero-order valence-electron chi connectivity index (χ0n) is 14.0. The van der Waals surface area contributed by atoms with Crippen LogP contribution in [0, 0.1) is 0 Å². The topological polar surface area (TPSA) is 78.5 Å². The average Bonchev–Trinajstić information content (AvgIpc) is 2.99. The first-order valence-corrected chi connectivity index (χ1v) is 7.90. The lowest BCUT2D eigenvalue weighted by molar-refractivity contribution is -0.165. The van der Waals surface area contributed by atoms with E-state index in [2.05, 4.69) is 10.6 Å². The maximum absolute atomic E-state index is 12.4. The lowest BCUT2D eigenvalue weighted by Crippen LogP contribution is -2.36. The predicted molar refractivity (Wildman–Crippen MR) is 89.3 cm³/mol. The molecule has 1 saturated heterocycles. The molecule has 1 aliphatic heterocycles. The van der Waals surface area contributed by atoms with Crippen molar-refractivity contribution in [2.24, 2.45) is 0 Å². The molecule has 1 aliphatic rings. The number of ketones is 1. The molecule has 2 N–H and O–H groups in total. The summed E-state index contributed by atoms with van der Waals surface area (Å²) < 4.78 is 36.8. The number of nitrogens with one attached hydrogen (secondary N) is 2. The number of benzene rings is 1. The third kappa shape index (κ3) is 5.33. The van der Waals surface area contributed by atoms with Gasteiger partial charge < -0.3 is 15.5 Å². The van der Waals surface area contributed by atoms with Crippen molar-refractivity contribution >= 4 is 29.0 Å². The number of nitrogens with zero attached hydrogens (tertiary/aromatic N) is 1. The molecule has 0 saturated carbocycles. The highest BCUT2D eigenvalue weighted by molar-refractivity contribution is 5.97. The van der Waals surface area contributed by atoms with Crippen LogP contribution in [0.25, 0.3) is 0 Å². The molecule has 1 unspecified atom stereocenters. The maximum atomic E-state index is 12.4. The van der Waals surface area contributed by atoms with Gasteiger partial charge in [-0.05, 0) is 31.0 Å². The van der Waals surface area contributed by atoms with Crippen LogP contribution in [0.5, 0.6) is 0 Å². The average molecular weight is 369 g/mol. The molecule has 1 aromatic rings. The first-order valence-electron chi connectivity index (χ1n) is 7.90. The summed E-state index contributed by atoms with van der Waals surface area (Å²) in [5, 5.41) is 5.26. The highest BCUT2D eigenvalue weighted by Crippen LogP contribution is 2.22. The largest absolute Gasteiger partial charge is 0.454 e. The van der Waals surface area contributed by atoms with Gasteiger partial charge >= 0.3 is 6.18 Å². The summed E-state index contributed by atoms with van der Waals surface area (Å²) in [7, 11) is 0. The van der Waals surface area contributed by atoms with Gasteiger partial charge in [-0.15, -0.1) is 0 Å². The fourth-order valence-corrected chi connectivity index (χ4v) is 2.61. The molecule has 1 aromatic carbocycles. The minimum atomic E-state index is -4.93. The Morgan fingerprint density at radius 2 is 1.85 bits per heavy atom. The molecule has 0 radical (unpaired) electrons. The Morgan fingerprint density at radius 1 is 1.19 bits per heavy atom. The predicted octanol–water partition coefficient (Wildman–Crippen LogP) is 2.69. The Balaban J connectivity index is 2.03. The minimum Gasteiger partial charge on any atom is -0.365 e. The Hall–Kier alpha value is -2.84. The highest BCUT2D eigenvalue weighted by Gasteiger charge is 2.37. The van der Waals surface area contributed by atoms with Crippen LogP contribution >= 0.6 is 0 Å². The van der Waals surface area contributed by atoms with Crippen LogP contribution in [-0.4, -0.2) is 41.3 Å². The number of hydrogen-bond donors (Lipinski definition) is 2. The number of carbonyl (C=O) groups is 3. The molecule has 2 amide bonds. The highest BCUT2D eigenvalue weighted by atomic mass is 19.4. The Kier molecular flexibility index (Phi) is 6.01. The van der Waals surface area contributed by atoms with Gasteiger partial charge in [0.2, 0.25) is 11.8 Å². The number of halogens is 3. The number of amides is 2. The lowest BCUT2D eigenvalue weighted by atomic mass is 10.2. The van der Waals surface area contributed by atoms with Crippen LogP contribution in [0.3, 0.4) is 0 Å². The van der Waals surface area contributed by atoms with E-state index in [0.29, 0.717) is 36.8 Å². The molecule has 0 aromatic heterocycles. The number of hydrogen-bond acceptors (Lipinski definition) is 4. The second kappa shape index (κ2) is 8.03. The van der Waals surface area contributed by atoms with Gasteiger partial charge in [0.15, 0.2) is 0 Å². The molecule has 0 spiro atoms. The standard InChI is InChI=1S/C17H18F3N3O3/c1-11(24)21-12-4-2-5-13(10-12)22-16(26)14-6-3-8-23(14)9-7-15(25)17(18,19)20/h2,4-5,7,9-10,14H,3,6,8H2,1H3,(H,21,24)(H,22,26). The molecule has 9 heteroatoms. The molecule has 2 rings (SSSR count). The van der Waals surface area contributed by atoms with E-state index < -0.39 is 23.9 Å². The van der Waals surface area contributed by atoms with Gasteiger partial charge in [-0.25, -0.2) is 0 Å². The lowest BCUT2D eigenvalue weighted by Gasteiger charge is -2.22. The van der Waals surface area contributed by atoms with E-state index >= 15 is 0 Å². The van der Waals surface area contributed by atoms with E-state index in [1.165, 1.54) is 11.8 Å². The molecule has 1 fully saturated rings. The van der Waals surface area contributed by atoms with Crippen LogP contribution < -0.4 is 10.6 Å². The summed E-state index contributed by atoms with van der Waals surface area (Å²) in [5.41, 5.74) is 0.956. The number of rotatable bonds is 5. The van der Waals surface area contributed by atoms with Crippen molar-refractivity contribution in [3.63, 3.8) is 0 Å². The Morgan fingerprint density at radius 3 is 2.46 bits per heavy atom. The maximum Gasteiger partial charge on any atom is 0.454 e. The molecule has 0 aliphatic carbocycles. The van der Waals surface area contributed by atoms with Crippen molar-refractivity contribution in [3.8, 4) is 0 Å². The van der Waals surface area contributed by atoms with Gasteiger partial charge in [-0.2, -0.15) is 13.2 Å². The van der Waals surface area contributed by atoms with Gasteiger partial charge in [0.1, 0.15) is 6.04 Å². The number of alkyl halides is 3. The number of carbonyl (C=O) groups excluding carboxylic acids is 3. The molecular weight excluding hydrogens is 351 g/mol. The van der Waals surface area contributed by atoms with E-state index in [0.717, 1.165) is 6.20 Å². The molecule has 26 heavy (non-hydrogen) atoms. The van der Waals surface area contributed by atoms with E-state index in [1.807, 2.05) is 0 Å². The molecule has 1 atom stereocenters. The molecule has 140 valence electrons. The third-order valence-electron chi connectivity index (χ3n) is 3.74. The van der Waals surface area contributed by atoms with Crippen LogP contribution in [0.2, 0.25) is 0 Å². The summed E-state index contributed by atoms with van der Waals surface area (Å²) >= 11 is 0. The van der Waals surface area contributed by atoms with Gasteiger partial charge in [0.05, 0.1) is 0 Å². The molecular formula is C17H18F3N3O3. The van der Waals surface area contributed by atoms with Gasteiger partial charge in [-0.3, -0.25) is 14.4 Å². The zero-order valence-corrected chi connectivity index (χ0v) is 14.0. The second-order valence-electron chi connectivity index (χ2n) is 5.82. The summed E-state index contributed by atoms with van der Waals surface area (Å²) in [6.45, 7) is 1.74. The van der Waals surface area contributed by atoms with Gasteiger partial charge in [0.25, 0.3) is 5.78 Å². The molecule has 1 heterocycles. The third-order valence-corrected chi connectivity index (χ3v) is 3.74. The van der Waals surface area contributed by atoms with E-state index in [4.69, 9.17) is 0 Å². The quantitative estimate of drug-likeness (QED) is 0.783. The summed E-state index contributed by atoms with van der Waals surface area (Å²) in [6.07, 6.45) is -2.40. The summed E-state index contributed by atoms with van der Waals surface area (Å²) in [4.78, 5) is 35.8. The smallest absolute Gasteiger partial charge is 0.365 e. The monoisotopic (exact) mass is 369 g/mol. The van der Waals surface area contributed by atoms with Crippen molar-refractivity contribution in [1.29, 1.82) is 0 Å². The normalized spacial score (nSPS) is 17.4. The SMILES string of the molecule is CC(=O)Nc1cccc(NC(=O)C2CCCN2C=CC(=O)C(F)(F)F)c1. The van der Waals surface area contributed by atoms with Crippen molar-refractivity contribution in [2.45, 2.75) is 32.0 Å². The van der Waals surface area contributed by atoms with Crippen LogP contribution in [-0.2, 0) is 14.4 Å².